The summed E-state index contributed by atoms with van der Waals surface area (Å²) in [6.07, 6.45) is 1.82. The fourth-order valence-corrected chi connectivity index (χ4v) is 3.41. The Morgan fingerprint density at radius 3 is 2.68 bits per heavy atom. The van der Waals surface area contributed by atoms with E-state index in [1.807, 2.05) is 62.1 Å². The third-order valence-electron chi connectivity index (χ3n) is 3.80. The SMILES string of the molecule is CN(C)C(CNC(=O)Nc1ccn(-c2ccccc2)n1)c1cccs1. The van der Waals surface area contributed by atoms with Crippen molar-refractivity contribution >= 4 is 23.2 Å². The molecule has 0 bridgehead atoms. The van der Waals surface area contributed by atoms with Gasteiger partial charge < -0.3 is 10.2 Å². The number of hydrogen-bond donors (Lipinski definition) is 2. The number of rotatable bonds is 6. The number of nitrogens with one attached hydrogen (secondary N) is 2. The molecule has 3 rings (SSSR count). The van der Waals surface area contributed by atoms with Gasteiger partial charge in [0.1, 0.15) is 0 Å². The summed E-state index contributed by atoms with van der Waals surface area (Å²) in [5.74, 6) is 0.513. The van der Waals surface area contributed by atoms with Gasteiger partial charge in [-0.2, -0.15) is 0 Å². The maximum absolute atomic E-state index is 12.2. The van der Waals surface area contributed by atoms with E-state index in [-0.39, 0.29) is 12.1 Å². The van der Waals surface area contributed by atoms with Crippen molar-refractivity contribution in [2.24, 2.45) is 0 Å². The molecular formula is C18H21N5OS. The molecule has 1 unspecified atom stereocenters. The van der Waals surface area contributed by atoms with Gasteiger partial charge in [0.25, 0.3) is 0 Å². The smallest absolute Gasteiger partial charge is 0.320 e. The molecule has 130 valence electrons. The lowest BCUT2D eigenvalue weighted by Crippen LogP contribution is -2.36. The lowest BCUT2D eigenvalue weighted by atomic mass is 10.2. The third-order valence-corrected chi connectivity index (χ3v) is 4.78. The summed E-state index contributed by atoms with van der Waals surface area (Å²) in [4.78, 5) is 15.5. The average Bonchev–Trinajstić information content (AvgIpc) is 3.28. The Bertz CT molecular complexity index is 798. The van der Waals surface area contributed by atoms with Crippen LogP contribution in [0, 0.1) is 0 Å². The molecule has 2 heterocycles. The third kappa shape index (κ3) is 4.46. The molecule has 2 amide bonds. The van der Waals surface area contributed by atoms with Crippen LogP contribution in [0.15, 0.2) is 60.1 Å². The Morgan fingerprint density at radius 1 is 1.20 bits per heavy atom. The van der Waals surface area contributed by atoms with Gasteiger partial charge in [0.15, 0.2) is 5.82 Å². The molecule has 0 saturated heterocycles. The number of carbonyl (C=O) groups excluding carboxylic acids is 1. The molecule has 1 atom stereocenters. The Hall–Kier alpha value is -2.64. The van der Waals surface area contributed by atoms with Crippen LogP contribution in [0.3, 0.4) is 0 Å². The number of likely N-dealkylation sites (N-methyl/N-ethyl adjacent to an activating group) is 1. The van der Waals surface area contributed by atoms with Gasteiger partial charge in [0.05, 0.1) is 11.7 Å². The summed E-state index contributed by atoms with van der Waals surface area (Å²) >= 11 is 1.69. The molecule has 0 aliphatic rings. The van der Waals surface area contributed by atoms with Gasteiger partial charge in [-0.05, 0) is 37.7 Å². The molecule has 0 fully saturated rings. The summed E-state index contributed by atoms with van der Waals surface area (Å²) in [6.45, 7) is 0.527. The molecule has 2 N–H and O–H groups in total. The van der Waals surface area contributed by atoms with Crippen molar-refractivity contribution in [2.75, 3.05) is 26.0 Å². The molecular weight excluding hydrogens is 334 g/mol. The first-order chi connectivity index (χ1) is 12.1. The first-order valence-corrected chi connectivity index (χ1v) is 8.87. The van der Waals surface area contributed by atoms with Gasteiger partial charge >= 0.3 is 6.03 Å². The summed E-state index contributed by atoms with van der Waals surface area (Å²) in [5, 5.41) is 12.1. The van der Waals surface area contributed by atoms with Crippen molar-refractivity contribution in [3.63, 3.8) is 0 Å². The monoisotopic (exact) mass is 355 g/mol. The minimum Gasteiger partial charge on any atom is -0.336 e. The van der Waals surface area contributed by atoms with Crippen molar-refractivity contribution < 1.29 is 4.79 Å². The first-order valence-electron chi connectivity index (χ1n) is 7.99. The maximum Gasteiger partial charge on any atom is 0.320 e. The number of anilines is 1. The number of carbonyl (C=O) groups is 1. The first kappa shape index (κ1) is 17.2. The predicted octanol–water partition coefficient (Wildman–Crippen LogP) is 3.36. The molecule has 1 aromatic carbocycles. The average molecular weight is 355 g/mol. The van der Waals surface area contributed by atoms with Crippen LogP contribution in [0.4, 0.5) is 10.6 Å². The number of nitrogens with zero attached hydrogens (tertiary/aromatic N) is 3. The zero-order valence-corrected chi connectivity index (χ0v) is 15.0. The van der Waals surface area contributed by atoms with E-state index in [1.54, 1.807) is 22.1 Å². The second-order valence-corrected chi connectivity index (χ2v) is 6.79. The standard InChI is InChI=1S/C18H21N5OS/c1-22(2)15(16-9-6-12-25-16)13-19-18(24)20-17-10-11-23(21-17)14-7-4-3-5-8-14/h3-12,15H,13H2,1-2H3,(H2,19,20,21,24). The summed E-state index contributed by atoms with van der Waals surface area (Å²) in [7, 11) is 4.01. The zero-order chi connectivity index (χ0) is 17.6. The van der Waals surface area contributed by atoms with E-state index in [4.69, 9.17) is 0 Å². The number of urea groups is 1. The molecule has 7 heteroatoms. The van der Waals surface area contributed by atoms with Crippen LogP contribution in [-0.4, -0.2) is 41.4 Å². The number of hydrogen-bond acceptors (Lipinski definition) is 4. The van der Waals surface area contributed by atoms with Crippen LogP contribution in [0.1, 0.15) is 10.9 Å². The van der Waals surface area contributed by atoms with Crippen molar-refractivity contribution in [2.45, 2.75) is 6.04 Å². The summed E-state index contributed by atoms with van der Waals surface area (Å²) in [5.41, 5.74) is 0.946. The molecule has 25 heavy (non-hydrogen) atoms. The van der Waals surface area contributed by atoms with Crippen LogP contribution in [-0.2, 0) is 0 Å². The molecule has 0 aliphatic carbocycles. The minimum atomic E-state index is -0.262. The van der Waals surface area contributed by atoms with E-state index in [1.165, 1.54) is 4.88 Å². The van der Waals surface area contributed by atoms with Crippen molar-refractivity contribution in [1.82, 2.24) is 20.0 Å². The van der Waals surface area contributed by atoms with Crippen LogP contribution >= 0.6 is 11.3 Å². The van der Waals surface area contributed by atoms with Crippen molar-refractivity contribution in [1.29, 1.82) is 0 Å². The Morgan fingerprint density at radius 2 is 2.00 bits per heavy atom. The number of amides is 2. The minimum absolute atomic E-state index is 0.146. The number of benzene rings is 1. The van der Waals surface area contributed by atoms with E-state index in [0.29, 0.717) is 12.4 Å². The highest BCUT2D eigenvalue weighted by atomic mass is 32.1. The lowest BCUT2D eigenvalue weighted by Gasteiger charge is -2.23. The fraction of sp³-hybridized carbons (Fsp3) is 0.222. The molecule has 0 aliphatic heterocycles. The second-order valence-electron chi connectivity index (χ2n) is 5.81. The predicted molar refractivity (Wildman–Crippen MR) is 101 cm³/mol. The number of aromatic nitrogens is 2. The van der Waals surface area contributed by atoms with Gasteiger partial charge in [-0.15, -0.1) is 16.4 Å². The van der Waals surface area contributed by atoms with E-state index >= 15 is 0 Å². The van der Waals surface area contributed by atoms with E-state index in [2.05, 4.69) is 26.7 Å². The molecule has 0 spiro atoms. The highest BCUT2D eigenvalue weighted by molar-refractivity contribution is 7.10. The Balaban J connectivity index is 1.57. The quantitative estimate of drug-likeness (QED) is 0.713. The molecule has 0 radical (unpaired) electrons. The van der Waals surface area contributed by atoms with E-state index < -0.39 is 0 Å². The summed E-state index contributed by atoms with van der Waals surface area (Å²) in [6, 6.07) is 15.5. The van der Waals surface area contributed by atoms with Crippen LogP contribution in [0.5, 0.6) is 0 Å². The number of thiophene rings is 1. The van der Waals surface area contributed by atoms with Gasteiger partial charge in [0, 0.05) is 23.7 Å². The highest BCUT2D eigenvalue weighted by Gasteiger charge is 2.16. The van der Waals surface area contributed by atoms with Crippen LogP contribution in [0.25, 0.3) is 5.69 Å². The normalized spacial score (nSPS) is 12.1. The molecule has 2 aromatic heterocycles. The number of para-hydroxylation sites is 1. The van der Waals surface area contributed by atoms with Gasteiger partial charge in [-0.1, -0.05) is 24.3 Å². The zero-order valence-electron chi connectivity index (χ0n) is 14.2. The largest absolute Gasteiger partial charge is 0.336 e. The highest BCUT2D eigenvalue weighted by Crippen LogP contribution is 2.22. The van der Waals surface area contributed by atoms with Crippen molar-refractivity contribution in [3.8, 4) is 5.69 Å². The Kier molecular flexibility index (Phi) is 5.47. The van der Waals surface area contributed by atoms with E-state index in [0.717, 1.165) is 5.69 Å². The van der Waals surface area contributed by atoms with Gasteiger partial charge in [0.2, 0.25) is 0 Å². The Labute approximate surface area is 151 Å². The maximum atomic E-state index is 12.2. The fourth-order valence-electron chi connectivity index (χ4n) is 2.48. The second kappa shape index (κ2) is 7.96. The topological polar surface area (TPSA) is 62.2 Å². The van der Waals surface area contributed by atoms with Crippen molar-refractivity contribution in [3.05, 3.63) is 65.0 Å². The lowest BCUT2D eigenvalue weighted by molar-refractivity contribution is 0.244. The summed E-state index contributed by atoms with van der Waals surface area (Å²) < 4.78 is 1.73. The van der Waals surface area contributed by atoms with Gasteiger partial charge in [-0.3, -0.25) is 5.32 Å². The molecule has 6 nitrogen and oxygen atoms in total. The van der Waals surface area contributed by atoms with Crippen LogP contribution in [0.2, 0.25) is 0 Å². The molecule has 0 saturated carbocycles. The van der Waals surface area contributed by atoms with Gasteiger partial charge in [-0.25, -0.2) is 9.48 Å². The van der Waals surface area contributed by atoms with Crippen LogP contribution < -0.4 is 10.6 Å². The van der Waals surface area contributed by atoms with E-state index in [9.17, 15) is 4.79 Å². The molecule has 3 aromatic rings.